The summed E-state index contributed by atoms with van der Waals surface area (Å²) < 4.78 is 17.9. The molecule has 0 radical (unpaired) electrons. The maximum Gasteiger partial charge on any atom is 0.352 e. The molecule has 3 aromatic rings. The van der Waals surface area contributed by atoms with Gasteiger partial charge in [-0.2, -0.15) is 0 Å². The van der Waals surface area contributed by atoms with E-state index in [0.29, 0.717) is 10.7 Å². The van der Waals surface area contributed by atoms with Crippen molar-refractivity contribution in [1.29, 1.82) is 0 Å². The Labute approximate surface area is 282 Å². The fourth-order valence-electron chi connectivity index (χ4n) is 5.88. The maximum atomic E-state index is 14.0. The van der Waals surface area contributed by atoms with E-state index in [9.17, 15) is 29.1 Å². The van der Waals surface area contributed by atoms with E-state index in [4.69, 9.17) is 14.2 Å². The number of nitrogens with one attached hydrogen (secondary N) is 1. The Kier molecular flexibility index (Phi) is 9.26. The third-order valence-electron chi connectivity index (χ3n) is 8.16. The van der Waals surface area contributed by atoms with Crippen molar-refractivity contribution in [1.82, 2.24) is 30.4 Å². The van der Waals surface area contributed by atoms with E-state index in [1.165, 1.54) is 72.1 Å². The summed E-state index contributed by atoms with van der Waals surface area (Å²) in [6.45, 7) is 1.24. The van der Waals surface area contributed by atoms with Crippen LogP contribution in [0.3, 0.4) is 0 Å². The minimum absolute atomic E-state index is 0.199. The van der Waals surface area contributed by atoms with Gasteiger partial charge < -0.3 is 24.6 Å². The quantitative estimate of drug-likeness (QED) is 0.0738. The Morgan fingerprint density at radius 2 is 1.83 bits per heavy atom. The first-order valence-electron chi connectivity index (χ1n) is 14.8. The normalized spacial score (nSPS) is 20.4. The number of thioether (sulfide) groups is 2. The SMILES string of the molecule is CO[C@@]1(NC(=O)C(C(=O)Oc2ccc3c(c2)CCC3)c2ccc(OC(C)=O)cc2)C(=O)N2C(C(=O)O)=C(CSc3nnnn3C)CS[C@H]21. The average Bonchev–Trinajstić information content (AvgIpc) is 3.70. The minimum Gasteiger partial charge on any atom is -0.477 e. The largest absolute Gasteiger partial charge is 0.477 e. The van der Waals surface area contributed by atoms with Crippen LogP contribution >= 0.6 is 23.5 Å². The predicted octanol–water partition coefficient (Wildman–Crippen LogP) is 1.82. The zero-order chi connectivity index (χ0) is 34.2. The average molecular weight is 695 g/mol. The Balaban J connectivity index is 1.26. The summed E-state index contributed by atoms with van der Waals surface area (Å²) in [6, 6.07) is 11.1. The van der Waals surface area contributed by atoms with Crippen molar-refractivity contribution in [2.24, 2.45) is 7.05 Å². The van der Waals surface area contributed by atoms with Crippen LogP contribution in [0.1, 0.15) is 36.0 Å². The van der Waals surface area contributed by atoms with Gasteiger partial charge >= 0.3 is 17.9 Å². The van der Waals surface area contributed by atoms with Crippen molar-refractivity contribution in [2.75, 3.05) is 18.6 Å². The number of fused-ring (bicyclic) bond motifs is 2. The number of carboxylic acid groups (broad SMARTS) is 1. The summed E-state index contributed by atoms with van der Waals surface area (Å²) >= 11 is 2.42. The maximum absolute atomic E-state index is 14.0. The molecule has 0 bridgehead atoms. The zero-order valence-corrected chi connectivity index (χ0v) is 27.6. The van der Waals surface area contributed by atoms with Gasteiger partial charge in [0.25, 0.3) is 11.6 Å². The van der Waals surface area contributed by atoms with Crippen molar-refractivity contribution in [2.45, 2.75) is 48.4 Å². The Morgan fingerprint density at radius 3 is 2.50 bits per heavy atom. The number of carbonyl (C=O) groups is 5. The van der Waals surface area contributed by atoms with Gasteiger partial charge in [0, 0.05) is 32.6 Å². The lowest BCUT2D eigenvalue weighted by molar-refractivity contribution is -0.193. The Bertz CT molecular complexity index is 1850. The highest BCUT2D eigenvalue weighted by molar-refractivity contribution is 8.01. The van der Waals surface area contributed by atoms with Gasteiger partial charge in [0.15, 0.2) is 5.92 Å². The second kappa shape index (κ2) is 13.4. The van der Waals surface area contributed by atoms with E-state index < -0.39 is 46.7 Å². The summed E-state index contributed by atoms with van der Waals surface area (Å²) in [5.41, 5.74) is 0.704. The van der Waals surface area contributed by atoms with Crippen LogP contribution in [0.2, 0.25) is 0 Å². The van der Waals surface area contributed by atoms with Crippen molar-refractivity contribution >= 4 is 53.2 Å². The topological polar surface area (TPSA) is 192 Å². The molecule has 48 heavy (non-hydrogen) atoms. The number of aryl methyl sites for hydroxylation is 3. The first-order valence-corrected chi connectivity index (χ1v) is 16.8. The van der Waals surface area contributed by atoms with Crippen LogP contribution < -0.4 is 14.8 Å². The van der Waals surface area contributed by atoms with E-state index in [2.05, 4.69) is 20.8 Å². The van der Waals surface area contributed by atoms with Crippen LogP contribution in [-0.4, -0.2) is 89.7 Å². The third-order valence-corrected chi connectivity index (χ3v) is 10.6. The molecule has 0 saturated carbocycles. The molecule has 3 atom stereocenters. The van der Waals surface area contributed by atoms with Gasteiger partial charge in [0.2, 0.25) is 11.1 Å². The highest BCUT2D eigenvalue weighted by Crippen LogP contribution is 2.47. The van der Waals surface area contributed by atoms with Crippen LogP contribution in [0.25, 0.3) is 0 Å². The van der Waals surface area contributed by atoms with Crippen molar-refractivity contribution in [3.63, 3.8) is 0 Å². The number of nitrogens with zero attached hydrogens (tertiary/aromatic N) is 5. The number of aromatic nitrogens is 4. The molecular formula is C31H30N6O9S2. The number of esters is 2. The molecular weight excluding hydrogens is 665 g/mol. The minimum atomic E-state index is -1.97. The number of tetrazole rings is 1. The van der Waals surface area contributed by atoms with E-state index in [1.807, 2.05) is 6.07 Å². The van der Waals surface area contributed by atoms with Crippen LogP contribution in [0.4, 0.5) is 0 Å². The highest BCUT2D eigenvalue weighted by Gasteiger charge is 2.67. The molecule has 1 saturated heterocycles. The van der Waals surface area contributed by atoms with Gasteiger partial charge in [-0.25, -0.2) is 9.48 Å². The number of hydrogen-bond acceptors (Lipinski definition) is 13. The molecule has 2 N–H and O–H groups in total. The molecule has 2 amide bonds. The number of aliphatic carboxylic acids is 1. The standard InChI is InChI=1S/C31H30N6O9S2/c1-16(38)45-21-10-8-18(9-11-21)23(27(42)46-22-12-7-17-5-4-6-19(17)13-22)25(39)32-31(44-3)28(43)37-24(26(40)41)20(14-47-29(31)37)15-48-30-33-34-35-36(30)2/h7-13,23,29H,4-6,14-15H2,1-3H3,(H,32,39)(H,40,41)/t23?,29-,31-/m0/s1. The molecule has 0 spiro atoms. The van der Waals surface area contributed by atoms with Gasteiger partial charge in [-0.15, -0.1) is 16.9 Å². The molecule has 2 aromatic carbocycles. The number of hydrogen-bond donors (Lipinski definition) is 2. The van der Waals surface area contributed by atoms with Crippen LogP contribution in [0.5, 0.6) is 11.5 Å². The third kappa shape index (κ3) is 6.15. The van der Waals surface area contributed by atoms with Crippen LogP contribution in [-0.2, 0) is 48.6 Å². The van der Waals surface area contributed by atoms with Gasteiger partial charge in [0.1, 0.15) is 22.6 Å². The summed E-state index contributed by atoms with van der Waals surface area (Å²) in [7, 11) is 2.87. The number of β-lactam (4-membered cyclic amide) rings is 1. The molecule has 15 nitrogen and oxygen atoms in total. The number of carbonyl (C=O) groups excluding carboxylic acids is 4. The van der Waals surface area contributed by atoms with Crippen molar-refractivity contribution in [3.8, 4) is 11.5 Å². The zero-order valence-electron chi connectivity index (χ0n) is 26.0. The second-order valence-electron chi connectivity index (χ2n) is 11.2. The number of methoxy groups -OCH3 is 1. The van der Waals surface area contributed by atoms with E-state index in [0.717, 1.165) is 29.7 Å². The number of amides is 2. The van der Waals surface area contributed by atoms with Gasteiger partial charge in [-0.1, -0.05) is 30.0 Å². The molecule has 17 heteroatoms. The van der Waals surface area contributed by atoms with E-state index in [-0.39, 0.29) is 34.3 Å². The molecule has 250 valence electrons. The number of benzene rings is 2. The molecule has 1 aromatic heterocycles. The first-order chi connectivity index (χ1) is 23.0. The van der Waals surface area contributed by atoms with E-state index in [1.54, 1.807) is 19.2 Å². The van der Waals surface area contributed by atoms with Crippen molar-refractivity contribution < 1.29 is 43.3 Å². The van der Waals surface area contributed by atoms with Crippen LogP contribution in [0, 0.1) is 0 Å². The molecule has 1 aliphatic carbocycles. The molecule has 6 rings (SSSR count). The fraction of sp³-hybridized carbons (Fsp3) is 0.355. The molecule has 3 aliphatic rings. The van der Waals surface area contributed by atoms with Gasteiger partial charge in [0.05, 0.1) is 0 Å². The summed E-state index contributed by atoms with van der Waals surface area (Å²) in [6.07, 6.45) is 2.78. The lowest BCUT2D eigenvalue weighted by Crippen LogP contribution is -2.81. The number of ether oxygens (including phenoxy) is 3. The molecule has 3 heterocycles. The molecule has 2 aliphatic heterocycles. The predicted molar refractivity (Wildman–Crippen MR) is 170 cm³/mol. The first kappa shape index (κ1) is 33.2. The summed E-state index contributed by atoms with van der Waals surface area (Å²) in [4.78, 5) is 66.5. The number of carboxylic acids is 1. The van der Waals surface area contributed by atoms with Crippen molar-refractivity contribution in [3.05, 3.63) is 70.4 Å². The molecule has 1 fully saturated rings. The van der Waals surface area contributed by atoms with Gasteiger partial charge in [-0.3, -0.25) is 24.1 Å². The summed E-state index contributed by atoms with van der Waals surface area (Å²) in [5.74, 6) is -5.21. The van der Waals surface area contributed by atoms with Gasteiger partial charge in [-0.05, 0) is 76.2 Å². The lowest BCUT2D eigenvalue weighted by Gasteiger charge is -2.56. The second-order valence-corrected chi connectivity index (χ2v) is 13.2. The van der Waals surface area contributed by atoms with E-state index >= 15 is 0 Å². The lowest BCUT2D eigenvalue weighted by atomic mass is 9.94. The number of rotatable bonds is 11. The molecule has 1 unspecified atom stereocenters. The summed E-state index contributed by atoms with van der Waals surface area (Å²) in [5, 5.41) is 23.5. The van der Waals surface area contributed by atoms with Crippen LogP contribution in [0.15, 0.2) is 58.9 Å². The Hall–Kier alpha value is -4.74. The monoisotopic (exact) mass is 694 g/mol. The smallest absolute Gasteiger partial charge is 0.352 e. The fourth-order valence-corrected chi connectivity index (χ4v) is 8.31. The Morgan fingerprint density at radius 1 is 1.10 bits per heavy atom. The highest BCUT2D eigenvalue weighted by atomic mass is 32.2.